The van der Waals surface area contributed by atoms with E-state index in [1.165, 1.54) is 24.3 Å². The highest BCUT2D eigenvalue weighted by Crippen LogP contribution is 2.27. The zero-order valence-corrected chi connectivity index (χ0v) is 13.7. The first-order valence-electron chi connectivity index (χ1n) is 7.66. The number of carboxylic acids is 1. The maximum Gasteiger partial charge on any atom is 0.394 e. The average molecular weight is 356 g/mol. The van der Waals surface area contributed by atoms with Gasteiger partial charge in [0.05, 0.1) is 11.3 Å². The van der Waals surface area contributed by atoms with Crippen LogP contribution in [0.2, 0.25) is 0 Å². The van der Waals surface area contributed by atoms with Crippen LogP contribution in [0.1, 0.15) is 17.3 Å². The molecule has 26 heavy (non-hydrogen) atoms. The van der Waals surface area contributed by atoms with Crippen LogP contribution in [0.3, 0.4) is 0 Å². The lowest BCUT2D eigenvalue weighted by Gasteiger charge is -2.13. The summed E-state index contributed by atoms with van der Waals surface area (Å²) in [5, 5.41) is 8.95. The molecule has 0 aliphatic heterocycles. The van der Waals surface area contributed by atoms with E-state index >= 15 is 0 Å². The second-order valence-electron chi connectivity index (χ2n) is 5.59. The number of halogens is 2. The Hall–Kier alpha value is -3.35. The Labute approximate surface area is 147 Å². The number of alkyl halides is 2. The number of hydrogen-bond donors (Lipinski definition) is 1. The van der Waals surface area contributed by atoms with Crippen molar-refractivity contribution in [2.75, 3.05) is 0 Å². The fourth-order valence-corrected chi connectivity index (χ4v) is 2.35. The van der Waals surface area contributed by atoms with Crippen LogP contribution in [0.5, 0.6) is 5.75 Å². The van der Waals surface area contributed by atoms with Crippen LogP contribution in [0.15, 0.2) is 60.8 Å². The van der Waals surface area contributed by atoms with Crippen molar-refractivity contribution in [3.05, 3.63) is 66.4 Å². The van der Waals surface area contributed by atoms with Crippen molar-refractivity contribution < 1.29 is 23.4 Å². The van der Waals surface area contributed by atoms with Crippen molar-refractivity contribution in [2.45, 2.75) is 13.0 Å². The van der Waals surface area contributed by atoms with E-state index in [1.54, 1.807) is 36.5 Å². The lowest BCUT2D eigenvalue weighted by atomic mass is 10.1. The SMILES string of the molecule is CC(F)(F)Oc1cccc(-c2nccc(-c3ccc(C(=O)O)cc3)n2)c1. The van der Waals surface area contributed by atoms with Crippen LogP contribution in [0, 0.1) is 0 Å². The van der Waals surface area contributed by atoms with Crippen molar-refractivity contribution in [3.8, 4) is 28.4 Å². The maximum absolute atomic E-state index is 13.0. The fourth-order valence-electron chi connectivity index (χ4n) is 2.35. The first kappa shape index (κ1) is 17.5. The topological polar surface area (TPSA) is 72.3 Å². The summed E-state index contributed by atoms with van der Waals surface area (Å²) in [4.78, 5) is 19.5. The fraction of sp³-hybridized carbons (Fsp3) is 0.105. The summed E-state index contributed by atoms with van der Waals surface area (Å²) in [6.45, 7) is 0.664. The van der Waals surface area contributed by atoms with Crippen molar-refractivity contribution >= 4 is 5.97 Å². The molecule has 132 valence electrons. The van der Waals surface area contributed by atoms with Gasteiger partial charge in [-0.2, -0.15) is 8.78 Å². The molecule has 0 saturated carbocycles. The molecule has 0 spiro atoms. The molecule has 0 fully saturated rings. The van der Waals surface area contributed by atoms with Gasteiger partial charge < -0.3 is 9.84 Å². The van der Waals surface area contributed by atoms with E-state index in [0.717, 1.165) is 0 Å². The maximum atomic E-state index is 13.0. The Morgan fingerprint density at radius 2 is 1.81 bits per heavy atom. The Bertz CT molecular complexity index is 938. The normalized spacial score (nSPS) is 11.2. The smallest absolute Gasteiger partial charge is 0.394 e. The lowest BCUT2D eigenvalue weighted by Crippen LogP contribution is -2.19. The highest BCUT2D eigenvalue weighted by atomic mass is 19.3. The number of carbonyl (C=O) groups is 1. The minimum Gasteiger partial charge on any atom is -0.478 e. The van der Waals surface area contributed by atoms with E-state index in [4.69, 9.17) is 5.11 Å². The predicted octanol–water partition coefficient (Wildman–Crippen LogP) is 4.50. The zero-order valence-electron chi connectivity index (χ0n) is 13.7. The van der Waals surface area contributed by atoms with Gasteiger partial charge in [-0.3, -0.25) is 0 Å². The van der Waals surface area contributed by atoms with E-state index in [2.05, 4.69) is 14.7 Å². The van der Waals surface area contributed by atoms with Gasteiger partial charge in [-0.05, 0) is 30.3 Å². The predicted molar refractivity (Wildman–Crippen MR) is 91.1 cm³/mol. The molecule has 0 saturated heterocycles. The minimum absolute atomic E-state index is 0.00909. The Morgan fingerprint density at radius 1 is 1.08 bits per heavy atom. The number of carboxylic acid groups (broad SMARTS) is 1. The van der Waals surface area contributed by atoms with Crippen LogP contribution in [-0.2, 0) is 0 Å². The van der Waals surface area contributed by atoms with Gasteiger partial charge in [0.15, 0.2) is 5.82 Å². The van der Waals surface area contributed by atoms with Crippen LogP contribution in [0.25, 0.3) is 22.6 Å². The summed E-state index contributed by atoms with van der Waals surface area (Å²) in [6, 6.07) is 14.1. The van der Waals surface area contributed by atoms with Gasteiger partial charge in [0.1, 0.15) is 5.75 Å². The van der Waals surface area contributed by atoms with Gasteiger partial charge in [-0.15, -0.1) is 0 Å². The zero-order chi connectivity index (χ0) is 18.7. The van der Waals surface area contributed by atoms with Crippen LogP contribution >= 0.6 is 0 Å². The van der Waals surface area contributed by atoms with Gasteiger partial charge in [0, 0.05) is 24.2 Å². The number of hydrogen-bond acceptors (Lipinski definition) is 4. The molecule has 2 aromatic carbocycles. The molecule has 1 N–H and O–H groups in total. The van der Waals surface area contributed by atoms with E-state index in [0.29, 0.717) is 29.6 Å². The molecule has 0 aliphatic carbocycles. The highest BCUT2D eigenvalue weighted by Gasteiger charge is 2.23. The molecule has 3 aromatic rings. The molecule has 3 rings (SSSR count). The molecule has 1 aromatic heterocycles. The summed E-state index contributed by atoms with van der Waals surface area (Å²) in [7, 11) is 0. The van der Waals surface area contributed by atoms with Gasteiger partial charge >= 0.3 is 12.1 Å². The van der Waals surface area contributed by atoms with E-state index in [1.807, 2.05) is 0 Å². The molecule has 0 atom stereocenters. The Kier molecular flexibility index (Phi) is 4.62. The van der Waals surface area contributed by atoms with Gasteiger partial charge in [0.2, 0.25) is 0 Å². The Balaban J connectivity index is 1.92. The summed E-state index contributed by atoms with van der Waals surface area (Å²) >= 11 is 0. The molecular weight excluding hydrogens is 342 g/mol. The molecule has 0 bridgehead atoms. The quantitative estimate of drug-likeness (QED) is 0.729. The van der Waals surface area contributed by atoms with Gasteiger partial charge in [0.25, 0.3) is 0 Å². The number of rotatable bonds is 5. The first-order valence-corrected chi connectivity index (χ1v) is 7.66. The number of benzene rings is 2. The number of aromatic carboxylic acids is 1. The van der Waals surface area contributed by atoms with Gasteiger partial charge in [-0.25, -0.2) is 14.8 Å². The standard InChI is InChI=1S/C19H14F2N2O3/c1-19(20,21)26-15-4-2-3-14(11-15)17-22-10-9-16(23-17)12-5-7-13(8-6-12)18(24)25/h2-11H,1H3,(H,24,25). The summed E-state index contributed by atoms with van der Waals surface area (Å²) in [5.74, 6) is -0.658. The third kappa shape index (κ3) is 4.18. The number of ether oxygens (including phenoxy) is 1. The monoisotopic (exact) mass is 356 g/mol. The molecule has 5 nitrogen and oxygen atoms in total. The third-order valence-corrected chi connectivity index (χ3v) is 3.47. The Morgan fingerprint density at radius 3 is 2.46 bits per heavy atom. The molecule has 0 unspecified atom stereocenters. The van der Waals surface area contributed by atoms with Crippen molar-refractivity contribution in [1.82, 2.24) is 9.97 Å². The first-order chi connectivity index (χ1) is 12.3. The molecule has 1 heterocycles. The largest absolute Gasteiger partial charge is 0.478 e. The second kappa shape index (κ2) is 6.87. The second-order valence-corrected chi connectivity index (χ2v) is 5.59. The third-order valence-electron chi connectivity index (χ3n) is 3.47. The summed E-state index contributed by atoms with van der Waals surface area (Å²) in [5.41, 5.74) is 1.99. The van der Waals surface area contributed by atoms with Crippen molar-refractivity contribution in [2.24, 2.45) is 0 Å². The molecule has 0 aliphatic rings. The summed E-state index contributed by atoms with van der Waals surface area (Å²) < 4.78 is 30.6. The molecule has 0 radical (unpaired) electrons. The number of aromatic nitrogens is 2. The van der Waals surface area contributed by atoms with Gasteiger partial charge in [-0.1, -0.05) is 24.3 Å². The van der Waals surface area contributed by atoms with Crippen molar-refractivity contribution in [1.29, 1.82) is 0 Å². The molecule has 0 amide bonds. The lowest BCUT2D eigenvalue weighted by molar-refractivity contribution is -0.158. The van der Waals surface area contributed by atoms with Crippen LogP contribution in [0.4, 0.5) is 8.78 Å². The van der Waals surface area contributed by atoms with Crippen molar-refractivity contribution in [3.63, 3.8) is 0 Å². The van der Waals surface area contributed by atoms with E-state index < -0.39 is 12.1 Å². The van der Waals surface area contributed by atoms with E-state index in [9.17, 15) is 13.6 Å². The van der Waals surface area contributed by atoms with Crippen LogP contribution in [-0.4, -0.2) is 27.2 Å². The van der Waals surface area contributed by atoms with Crippen LogP contribution < -0.4 is 4.74 Å². The average Bonchev–Trinajstić information content (AvgIpc) is 2.61. The molecule has 7 heteroatoms. The minimum atomic E-state index is -3.28. The number of nitrogens with zero attached hydrogens (tertiary/aromatic N) is 2. The molecular formula is C19H14F2N2O3. The highest BCUT2D eigenvalue weighted by molar-refractivity contribution is 5.88. The van der Waals surface area contributed by atoms with E-state index in [-0.39, 0.29) is 11.3 Å². The summed E-state index contributed by atoms with van der Waals surface area (Å²) in [6.07, 6.45) is -1.74.